The number of hydrogen-bond acceptors (Lipinski definition) is 1. The fourth-order valence-electron chi connectivity index (χ4n) is 2.43. The van der Waals surface area contributed by atoms with Crippen molar-refractivity contribution in [3.8, 4) is 0 Å². The van der Waals surface area contributed by atoms with Gasteiger partial charge in [0.15, 0.2) is 0 Å². The highest BCUT2D eigenvalue weighted by Crippen LogP contribution is 2.29. The molecule has 2 rings (SSSR count). The van der Waals surface area contributed by atoms with Crippen molar-refractivity contribution in [1.29, 1.82) is 0 Å². The van der Waals surface area contributed by atoms with E-state index in [1.165, 1.54) is 12.1 Å². The van der Waals surface area contributed by atoms with Gasteiger partial charge in [-0.3, -0.25) is 0 Å². The number of halogens is 2. The molecule has 1 aromatic carbocycles. The molecular weight excluding hydrogens is 220 g/mol. The number of alkyl halides is 1. The van der Waals surface area contributed by atoms with E-state index in [1.54, 1.807) is 12.1 Å². The standard InChI is InChI=1S/C14H19F2N/c15-13-5-3-12(4-6-13)14(16)10-11-2-1-8-17-9-7-11/h3-6,11,14,17H,1-2,7-10H2. The van der Waals surface area contributed by atoms with Crippen LogP contribution in [-0.2, 0) is 0 Å². The van der Waals surface area contributed by atoms with Crippen molar-refractivity contribution in [1.82, 2.24) is 5.32 Å². The summed E-state index contributed by atoms with van der Waals surface area (Å²) in [6.45, 7) is 2.03. The van der Waals surface area contributed by atoms with Crippen LogP contribution in [0.4, 0.5) is 8.78 Å². The third-order valence-electron chi connectivity index (χ3n) is 3.47. The summed E-state index contributed by atoms with van der Waals surface area (Å²) in [7, 11) is 0. The molecule has 17 heavy (non-hydrogen) atoms. The molecule has 0 aromatic heterocycles. The van der Waals surface area contributed by atoms with Gasteiger partial charge in [-0.25, -0.2) is 8.78 Å². The van der Waals surface area contributed by atoms with Crippen LogP contribution in [0.5, 0.6) is 0 Å². The van der Waals surface area contributed by atoms with Gasteiger partial charge in [-0.15, -0.1) is 0 Å². The van der Waals surface area contributed by atoms with Gasteiger partial charge >= 0.3 is 0 Å². The smallest absolute Gasteiger partial charge is 0.125 e. The summed E-state index contributed by atoms with van der Waals surface area (Å²) in [4.78, 5) is 0. The van der Waals surface area contributed by atoms with E-state index in [4.69, 9.17) is 0 Å². The number of hydrogen-bond donors (Lipinski definition) is 1. The number of nitrogens with one attached hydrogen (secondary N) is 1. The summed E-state index contributed by atoms with van der Waals surface area (Å²) in [6.07, 6.45) is 2.86. The molecule has 1 aliphatic rings. The van der Waals surface area contributed by atoms with Crippen LogP contribution in [0.1, 0.15) is 37.4 Å². The van der Waals surface area contributed by atoms with E-state index in [-0.39, 0.29) is 5.82 Å². The lowest BCUT2D eigenvalue weighted by Gasteiger charge is -2.16. The van der Waals surface area contributed by atoms with E-state index >= 15 is 0 Å². The van der Waals surface area contributed by atoms with E-state index in [9.17, 15) is 8.78 Å². The fourth-order valence-corrected chi connectivity index (χ4v) is 2.43. The molecule has 1 aliphatic heterocycles. The highest BCUT2D eigenvalue weighted by molar-refractivity contribution is 5.18. The second-order valence-corrected chi connectivity index (χ2v) is 4.80. The molecule has 0 aliphatic carbocycles. The average Bonchev–Trinajstić information content (AvgIpc) is 2.58. The van der Waals surface area contributed by atoms with E-state index in [0.29, 0.717) is 17.9 Å². The number of rotatable bonds is 3. The Labute approximate surface area is 101 Å². The van der Waals surface area contributed by atoms with Crippen LogP contribution < -0.4 is 5.32 Å². The van der Waals surface area contributed by atoms with Crippen molar-refractivity contribution < 1.29 is 8.78 Å². The molecule has 1 aromatic rings. The number of benzene rings is 1. The zero-order valence-corrected chi connectivity index (χ0v) is 9.96. The van der Waals surface area contributed by atoms with Gasteiger partial charge in [-0.05, 0) is 62.4 Å². The van der Waals surface area contributed by atoms with Gasteiger partial charge in [-0.1, -0.05) is 12.1 Å². The molecule has 1 nitrogen and oxygen atoms in total. The van der Waals surface area contributed by atoms with Crippen LogP contribution in [0, 0.1) is 11.7 Å². The molecule has 1 fully saturated rings. The van der Waals surface area contributed by atoms with Gasteiger partial charge in [0.05, 0.1) is 0 Å². The van der Waals surface area contributed by atoms with Crippen LogP contribution in [0.25, 0.3) is 0 Å². The lowest BCUT2D eigenvalue weighted by molar-refractivity contribution is 0.261. The maximum absolute atomic E-state index is 14.0. The van der Waals surface area contributed by atoms with Crippen molar-refractivity contribution in [2.75, 3.05) is 13.1 Å². The minimum absolute atomic E-state index is 0.306. The van der Waals surface area contributed by atoms with Crippen LogP contribution in [0.15, 0.2) is 24.3 Å². The van der Waals surface area contributed by atoms with Crippen molar-refractivity contribution in [3.05, 3.63) is 35.6 Å². The Morgan fingerprint density at radius 2 is 1.94 bits per heavy atom. The molecule has 0 spiro atoms. The minimum Gasteiger partial charge on any atom is -0.317 e. The van der Waals surface area contributed by atoms with Crippen molar-refractivity contribution >= 4 is 0 Å². The van der Waals surface area contributed by atoms with Gasteiger partial charge in [0.2, 0.25) is 0 Å². The summed E-state index contributed by atoms with van der Waals surface area (Å²) in [5.74, 6) is 0.143. The van der Waals surface area contributed by atoms with E-state index in [2.05, 4.69) is 5.32 Å². The lowest BCUT2D eigenvalue weighted by Crippen LogP contribution is -2.14. The normalized spacial score (nSPS) is 23.1. The minimum atomic E-state index is -0.960. The fraction of sp³-hybridized carbons (Fsp3) is 0.571. The molecule has 2 unspecified atom stereocenters. The van der Waals surface area contributed by atoms with Crippen LogP contribution in [0.2, 0.25) is 0 Å². The molecule has 0 bridgehead atoms. The summed E-state index contributed by atoms with van der Waals surface area (Å²) >= 11 is 0. The van der Waals surface area contributed by atoms with Crippen LogP contribution in [0.3, 0.4) is 0 Å². The maximum Gasteiger partial charge on any atom is 0.125 e. The third kappa shape index (κ3) is 3.77. The maximum atomic E-state index is 14.0. The Kier molecular flexibility index (Phi) is 4.49. The van der Waals surface area contributed by atoms with Gasteiger partial charge in [0.1, 0.15) is 12.0 Å². The van der Waals surface area contributed by atoms with E-state index in [0.717, 1.165) is 32.4 Å². The zero-order chi connectivity index (χ0) is 12.1. The highest BCUT2D eigenvalue weighted by Gasteiger charge is 2.18. The molecular formula is C14H19F2N. The van der Waals surface area contributed by atoms with E-state index in [1.807, 2.05) is 0 Å². The summed E-state index contributed by atoms with van der Waals surface area (Å²) in [5, 5.41) is 3.33. The largest absolute Gasteiger partial charge is 0.317 e. The Hall–Kier alpha value is -0.960. The summed E-state index contributed by atoms with van der Waals surface area (Å²) in [6, 6.07) is 5.76. The monoisotopic (exact) mass is 239 g/mol. The molecule has 0 radical (unpaired) electrons. The van der Waals surface area contributed by atoms with Crippen molar-refractivity contribution in [2.24, 2.45) is 5.92 Å². The summed E-state index contributed by atoms with van der Waals surface area (Å²) < 4.78 is 26.8. The highest BCUT2D eigenvalue weighted by atomic mass is 19.1. The first kappa shape index (κ1) is 12.5. The molecule has 3 heteroatoms. The van der Waals surface area contributed by atoms with Crippen molar-refractivity contribution in [3.63, 3.8) is 0 Å². The Morgan fingerprint density at radius 1 is 1.18 bits per heavy atom. The van der Waals surface area contributed by atoms with Crippen molar-refractivity contribution in [2.45, 2.75) is 31.9 Å². The van der Waals surface area contributed by atoms with Gasteiger partial charge in [0, 0.05) is 0 Å². The molecule has 2 atom stereocenters. The molecule has 1 N–H and O–H groups in total. The first-order valence-corrected chi connectivity index (χ1v) is 6.36. The van der Waals surface area contributed by atoms with Crippen LogP contribution in [-0.4, -0.2) is 13.1 Å². The topological polar surface area (TPSA) is 12.0 Å². The average molecular weight is 239 g/mol. The zero-order valence-electron chi connectivity index (χ0n) is 9.96. The lowest BCUT2D eigenvalue weighted by atomic mass is 9.92. The van der Waals surface area contributed by atoms with Gasteiger partial charge in [0.25, 0.3) is 0 Å². The third-order valence-corrected chi connectivity index (χ3v) is 3.47. The summed E-state index contributed by atoms with van der Waals surface area (Å²) in [5.41, 5.74) is 0.601. The molecule has 1 saturated heterocycles. The predicted octanol–water partition coefficient (Wildman–Crippen LogP) is 3.62. The molecule has 0 saturated carbocycles. The SMILES string of the molecule is Fc1ccc(C(F)CC2CCCNCC2)cc1. The molecule has 94 valence electrons. The Balaban J connectivity index is 1.91. The first-order valence-electron chi connectivity index (χ1n) is 6.36. The van der Waals surface area contributed by atoms with E-state index < -0.39 is 6.17 Å². The Morgan fingerprint density at radius 3 is 2.71 bits per heavy atom. The molecule has 1 heterocycles. The predicted molar refractivity (Wildman–Crippen MR) is 65.1 cm³/mol. The first-order chi connectivity index (χ1) is 8.25. The second kappa shape index (κ2) is 6.10. The van der Waals surface area contributed by atoms with Gasteiger partial charge in [-0.2, -0.15) is 0 Å². The Bertz CT molecular complexity index is 329. The van der Waals surface area contributed by atoms with Gasteiger partial charge < -0.3 is 5.32 Å². The second-order valence-electron chi connectivity index (χ2n) is 4.80. The molecule has 0 amide bonds. The van der Waals surface area contributed by atoms with Crippen LogP contribution >= 0.6 is 0 Å². The quantitative estimate of drug-likeness (QED) is 0.849.